The van der Waals surface area contributed by atoms with E-state index >= 15 is 0 Å². The van der Waals surface area contributed by atoms with E-state index in [4.69, 9.17) is 4.74 Å². The first kappa shape index (κ1) is 24.6. The molecule has 1 N–H and O–H groups in total. The van der Waals surface area contributed by atoms with E-state index < -0.39 is 17.6 Å². The number of piperazine rings is 1. The number of nitrogens with zero attached hydrogens (tertiary/aromatic N) is 2. The molecule has 0 unspecified atom stereocenters. The second kappa shape index (κ2) is 11.2. The fraction of sp³-hybridized carbons (Fsp3) is 0.417. The van der Waals surface area contributed by atoms with E-state index in [0.29, 0.717) is 45.6 Å². The lowest BCUT2D eigenvalue weighted by Gasteiger charge is -2.34. The molecule has 1 heterocycles. The number of carbonyl (C=O) groups excluding carboxylic acids is 2. The van der Waals surface area contributed by atoms with Gasteiger partial charge in [-0.3, -0.25) is 14.5 Å². The molecule has 3 rings (SSSR count). The van der Waals surface area contributed by atoms with Crippen LogP contribution in [0, 0.1) is 0 Å². The lowest BCUT2D eigenvalue weighted by atomic mass is 10.1. The minimum absolute atomic E-state index is 0.0318. The quantitative estimate of drug-likeness (QED) is 0.647. The Labute approximate surface area is 191 Å². The summed E-state index contributed by atoms with van der Waals surface area (Å²) in [5.41, 5.74) is -0.141. The highest BCUT2D eigenvalue weighted by Crippen LogP contribution is 2.34. The van der Waals surface area contributed by atoms with Crippen LogP contribution in [0.4, 0.5) is 18.9 Å². The maximum absolute atomic E-state index is 13.1. The molecule has 1 aliphatic heterocycles. The molecule has 0 saturated carbocycles. The third-order valence-electron chi connectivity index (χ3n) is 5.48. The SMILES string of the molecule is CCOc1ccccc1CCC(=O)N1CCN(CC(=O)Nc2ccccc2C(F)(F)F)CC1. The van der Waals surface area contributed by atoms with Gasteiger partial charge in [0.15, 0.2) is 0 Å². The Kier molecular flexibility index (Phi) is 8.32. The largest absolute Gasteiger partial charge is 0.494 e. The Morgan fingerprint density at radius 2 is 1.67 bits per heavy atom. The van der Waals surface area contributed by atoms with Gasteiger partial charge in [-0.25, -0.2) is 0 Å². The highest BCUT2D eigenvalue weighted by molar-refractivity contribution is 5.93. The zero-order valence-electron chi connectivity index (χ0n) is 18.5. The topological polar surface area (TPSA) is 61.9 Å². The lowest BCUT2D eigenvalue weighted by Crippen LogP contribution is -2.50. The number of anilines is 1. The number of benzene rings is 2. The van der Waals surface area contributed by atoms with Crippen molar-refractivity contribution < 1.29 is 27.5 Å². The lowest BCUT2D eigenvalue weighted by molar-refractivity contribution is -0.137. The average Bonchev–Trinajstić information content (AvgIpc) is 2.78. The van der Waals surface area contributed by atoms with E-state index in [0.717, 1.165) is 17.4 Å². The van der Waals surface area contributed by atoms with Gasteiger partial charge in [0.25, 0.3) is 0 Å². The van der Waals surface area contributed by atoms with E-state index in [1.165, 1.54) is 18.2 Å². The van der Waals surface area contributed by atoms with Gasteiger partial charge in [-0.2, -0.15) is 13.2 Å². The van der Waals surface area contributed by atoms with Gasteiger partial charge >= 0.3 is 6.18 Å². The monoisotopic (exact) mass is 463 g/mol. The zero-order chi connectivity index (χ0) is 23.8. The molecule has 0 aromatic heterocycles. The van der Waals surface area contributed by atoms with Gasteiger partial charge in [-0.05, 0) is 37.1 Å². The number of aryl methyl sites for hydroxylation is 1. The van der Waals surface area contributed by atoms with Gasteiger partial charge in [-0.1, -0.05) is 30.3 Å². The standard InChI is InChI=1S/C24H28F3N3O3/c1-2-33-21-10-6-3-7-18(21)11-12-23(32)30-15-13-29(14-16-30)17-22(31)28-20-9-5-4-8-19(20)24(25,26)27/h3-10H,2,11-17H2,1H3,(H,28,31). The van der Waals surface area contributed by atoms with Crippen molar-refractivity contribution in [1.29, 1.82) is 0 Å². The number of hydrogen-bond donors (Lipinski definition) is 1. The van der Waals surface area contributed by atoms with Crippen LogP contribution in [-0.2, 0) is 22.2 Å². The van der Waals surface area contributed by atoms with Crippen LogP contribution < -0.4 is 10.1 Å². The summed E-state index contributed by atoms with van der Waals surface area (Å²) >= 11 is 0. The van der Waals surface area contributed by atoms with Crippen molar-refractivity contribution in [2.45, 2.75) is 25.9 Å². The Balaban J connectivity index is 1.45. The summed E-state index contributed by atoms with van der Waals surface area (Å²) in [6.07, 6.45) is -3.60. The Morgan fingerprint density at radius 1 is 1.00 bits per heavy atom. The van der Waals surface area contributed by atoms with Crippen LogP contribution in [0.15, 0.2) is 48.5 Å². The van der Waals surface area contributed by atoms with Gasteiger partial charge in [-0.15, -0.1) is 0 Å². The normalized spacial score (nSPS) is 14.7. The molecule has 6 nitrogen and oxygen atoms in total. The second-order valence-corrected chi connectivity index (χ2v) is 7.79. The van der Waals surface area contributed by atoms with Crippen LogP contribution in [0.5, 0.6) is 5.75 Å². The Morgan fingerprint density at radius 3 is 2.36 bits per heavy atom. The number of hydrogen-bond acceptors (Lipinski definition) is 4. The van der Waals surface area contributed by atoms with Crippen molar-refractivity contribution in [3.05, 3.63) is 59.7 Å². The third kappa shape index (κ3) is 6.95. The highest BCUT2D eigenvalue weighted by atomic mass is 19.4. The van der Waals surface area contributed by atoms with Crippen LogP contribution in [0.3, 0.4) is 0 Å². The molecule has 1 fully saturated rings. The maximum atomic E-state index is 13.1. The smallest absolute Gasteiger partial charge is 0.418 e. The Hall–Kier alpha value is -3.07. The fourth-order valence-corrected chi connectivity index (χ4v) is 3.79. The van der Waals surface area contributed by atoms with Crippen LogP contribution in [0.2, 0.25) is 0 Å². The first-order valence-corrected chi connectivity index (χ1v) is 10.9. The molecule has 0 bridgehead atoms. The minimum atomic E-state index is -4.54. The molecule has 0 aliphatic carbocycles. The first-order chi connectivity index (χ1) is 15.8. The minimum Gasteiger partial charge on any atom is -0.494 e. The number of carbonyl (C=O) groups is 2. The van der Waals surface area contributed by atoms with E-state index in [1.54, 1.807) is 4.90 Å². The summed E-state index contributed by atoms with van der Waals surface area (Å²) < 4.78 is 44.9. The molecule has 1 saturated heterocycles. The number of alkyl halides is 3. The van der Waals surface area contributed by atoms with E-state index in [-0.39, 0.29) is 18.1 Å². The van der Waals surface area contributed by atoms with Gasteiger partial charge in [0.2, 0.25) is 11.8 Å². The summed E-state index contributed by atoms with van der Waals surface area (Å²) in [5.74, 6) is 0.305. The molecule has 0 spiro atoms. The van der Waals surface area contributed by atoms with E-state index in [2.05, 4.69) is 5.32 Å². The molecule has 33 heavy (non-hydrogen) atoms. The van der Waals surface area contributed by atoms with Crippen LogP contribution in [-0.4, -0.2) is 60.9 Å². The fourth-order valence-electron chi connectivity index (χ4n) is 3.79. The molecule has 0 radical (unpaired) electrons. The van der Waals surface area contributed by atoms with Gasteiger partial charge in [0.1, 0.15) is 5.75 Å². The van der Waals surface area contributed by atoms with Crippen LogP contribution in [0.1, 0.15) is 24.5 Å². The molecule has 1 aliphatic rings. The van der Waals surface area contributed by atoms with Gasteiger partial charge in [0, 0.05) is 32.6 Å². The zero-order valence-corrected chi connectivity index (χ0v) is 18.5. The number of nitrogens with one attached hydrogen (secondary N) is 1. The summed E-state index contributed by atoms with van der Waals surface area (Å²) in [7, 11) is 0. The third-order valence-corrected chi connectivity index (χ3v) is 5.48. The van der Waals surface area contributed by atoms with Crippen molar-refractivity contribution in [2.24, 2.45) is 0 Å². The van der Waals surface area contributed by atoms with Crippen LogP contribution in [0.25, 0.3) is 0 Å². The average molecular weight is 464 g/mol. The molecule has 9 heteroatoms. The molecule has 178 valence electrons. The second-order valence-electron chi connectivity index (χ2n) is 7.79. The molecular formula is C24H28F3N3O3. The van der Waals surface area contributed by atoms with E-state index in [1.807, 2.05) is 36.1 Å². The maximum Gasteiger partial charge on any atom is 0.418 e. The number of para-hydroxylation sites is 2. The number of amides is 2. The predicted molar refractivity (Wildman–Crippen MR) is 119 cm³/mol. The predicted octanol–water partition coefficient (Wildman–Crippen LogP) is 3.82. The van der Waals surface area contributed by atoms with Crippen molar-refractivity contribution >= 4 is 17.5 Å². The molecular weight excluding hydrogens is 435 g/mol. The summed E-state index contributed by atoms with van der Waals surface area (Å²) in [4.78, 5) is 28.5. The summed E-state index contributed by atoms with van der Waals surface area (Å²) in [6.45, 7) is 4.34. The number of rotatable bonds is 8. The number of halogens is 3. The van der Waals surface area contributed by atoms with Gasteiger partial charge < -0.3 is 15.0 Å². The molecule has 2 aromatic carbocycles. The molecule has 0 atom stereocenters. The molecule has 2 aromatic rings. The van der Waals surface area contributed by atoms with Crippen molar-refractivity contribution in [2.75, 3.05) is 44.6 Å². The molecule has 2 amide bonds. The first-order valence-electron chi connectivity index (χ1n) is 10.9. The van der Waals surface area contributed by atoms with Crippen molar-refractivity contribution in [3.63, 3.8) is 0 Å². The van der Waals surface area contributed by atoms with Crippen molar-refractivity contribution in [1.82, 2.24) is 9.80 Å². The van der Waals surface area contributed by atoms with Gasteiger partial charge in [0.05, 0.1) is 24.4 Å². The van der Waals surface area contributed by atoms with E-state index in [9.17, 15) is 22.8 Å². The Bertz CT molecular complexity index is 957. The summed E-state index contributed by atoms with van der Waals surface area (Å²) in [5, 5.41) is 2.36. The van der Waals surface area contributed by atoms with Crippen LogP contribution >= 0.6 is 0 Å². The summed E-state index contributed by atoms with van der Waals surface area (Å²) in [6, 6.07) is 12.6. The number of ether oxygens (including phenoxy) is 1. The highest BCUT2D eigenvalue weighted by Gasteiger charge is 2.33. The van der Waals surface area contributed by atoms with Crippen molar-refractivity contribution in [3.8, 4) is 5.75 Å².